The van der Waals surface area contributed by atoms with Gasteiger partial charge in [0.15, 0.2) is 0 Å². The van der Waals surface area contributed by atoms with Gasteiger partial charge in [0.1, 0.15) is 0 Å². The van der Waals surface area contributed by atoms with Gasteiger partial charge < -0.3 is 5.32 Å². The van der Waals surface area contributed by atoms with Crippen LogP contribution in [0.25, 0.3) is 0 Å². The maximum atomic E-state index is 3.76. The molecule has 0 aliphatic carbocycles. The fourth-order valence-corrected chi connectivity index (χ4v) is 4.56. The van der Waals surface area contributed by atoms with Gasteiger partial charge >= 0.3 is 0 Å². The molecule has 1 nitrogen and oxygen atoms in total. The summed E-state index contributed by atoms with van der Waals surface area (Å²) < 4.78 is 0. The van der Waals surface area contributed by atoms with Crippen molar-refractivity contribution in [3.63, 3.8) is 0 Å². The van der Waals surface area contributed by atoms with Crippen LogP contribution in [-0.4, -0.2) is 23.6 Å². The van der Waals surface area contributed by atoms with Gasteiger partial charge in [0.05, 0.1) is 0 Å². The van der Waals surface area contributed by atoms with Crippen LogP contribution < -0.4 is 5.32 Å². The Morgan fingerprint density at radius 1 is 1.53 bits per heavy atom. The zero-order valence-electron chi connectivity index (χ0n) is 10.7. The summed E-state index contributed by atoms with van der Waals surface area (Å²) >= 11 is 3.99. The van der Waals surface area contributed by atoms with E-state index in [9.17, 15) is 0 Å². The Labute approximate surface area is 113 Å². The monoisotopic (exact) mass is 269 g/mol. The summed E-state index contributed by atoms with van der Waals surface area (Å²) in [5, 5.41) is 9.10. The molecule has 1 aliphatic heterocycles. The first-order chi connectivity index (χ1) is 8.40. The first-order valence-electron chi connectivity index (χ1n) is 6.76. The molecule has 1 N–H and O–H groups in total. The van der Waals surface area contributed by atoms with Crippen LogP contribution >= 0.6 is 23.1 Å². The molecule has 0 amide bonds. The van der Waals surface area contributed by atoms with Crippen molar-refractivity contribution in [1.29, 1.82) is 0 Å². The molecule has 0 saturated carbocycles. The topological polar surface area (TPSA) is 12.0 Å². The molecule has 2 rings (SSSR count). The Morgan fingerprint density at radius 3 is 3.12 bits per heavy atom. The van der Waals surface area contributed by atoms with E-state index in [4.69, 9.17) is 0 Å². The minimum Gasteiger partial charge on any atom is -0.313 e. The smallest absolute Gasteiger partial charge is 0.0201 e. The predicted octanol–water partition coefficient (Wildman–Crippen LogP) is 3.94. The largest absolute Gasteiger partial charge is 0.313 e. The van der Waals surface area contributed by atoms with Crippen molar-refractivity contribution in [3.05, 3.63) is 22.4 Å². The molecular weight excluding hydrogens is 246 g/mol. The zero-order chi connectivity index (χ0) is 11.9. The van der Waals surface area contributed by atoms with Crippen molar-refractivity contribution < 1.29 is 0 Å². The standard InChI is InChI=1S/C14H23NS2/c1-2-8-15-13(14-4-3-9-17-14)6-5-12-7-10-16-11-12/h7,10-11,13-15H,2-6,8-9H2,1H3. The van der Waals surface area contributed by atoms with Gasteiger partial charge in [-0.25, -0.2) is 0 Å². The second-order valence-corrected chi connectivity index (χ2v) is 6.91. The molecule has 1 saturated heterocycles. The fraction of sp³-hybridized carbons (Fsp3) is 0.714. The Bertz CT molecular complexity index is 291. The molecule has 1 aliphatic rings. The molecule has 2 heterocycles. The van der Waals surface area contributed by atoms with Crippen molar-refractivity contribution >= 4 is 23.1 Å². The van der Waals surface area contributed by atoms with Crippen LogP contribution in [0.5, 0.6) is 0 Å². The lowest BCUT2D eigenvalue weighted by Gasteiger charge is -2.24. The van der Waals surface area contributed by atoms with E-state index in [0.29, 0.717) is 0 Å². The SMILES string of the molecule is CCCNC(CCc1ccsc1)C1CCCS1. The first kappa shape index (κ1) is 13.4. The van der Waals surface area contributed by atoms with Crippen molar-refractivity contribution in [2.24, 2.45) is 0 Å². The average molecular weight is 269 g/mol. The second-order valence-electron chi connectivity index (χ2n) is 4.78. The summed E-state index contributed by atoms with van der Waals surface area (Å²) in [5.74, 6) is 1.37. The molecule has 17 heavy (non-hydrogen) atoms. The molecule has 0 radical (unpaired) electrons. The maximum absolute atomic E-state index is 3.76. The fourth-order valence-electron chi connectivity index (χ4n) is 2.43. The highest BCUT2D eigenvalue weighted by atomic mass is 32.2. The number of aryl methyl sites for hydroxylation is 1. The van der Waals surface area contributed by atoms with Crippen LogP contribution in [0.4, 0.5) is 0 Å². The molecule has 1 fully saturated rings. The molecule has 0 aromatic carbocycles. The summed E-state index contributed by atoms with van der Waals surface area (Å²) in [5.41, 5.74) is 1.52. The summed E-state index contributed by atoms with van der Waals surface area (Å²) in [6.07, 6.45) is 6.61. The third-order valence-corrected chi connectivity index (χ3v) is 5.64. The van der Waals surface area contributed by atoms with Crippen molar-refractivity contribution in [3.8, 4) is 0 Å². The highest BCUT2D eigenvalue weighted by Crippen LogP contribution is 2.30. The molecule has 2 unspecified atom stereocenters. The van der Waals surface area contributed by atoms with Crippen molar-refractivity contribution in [2.45, 2.75) is 50.3 Å². The summed E-state index contributed by atoms with van der Waals surface area (Å²) in [6, 6.07) is 2.99. The van der Waals surface area contributed by atoms with Gasteiger partial charge in [-0.15, -0.1) is 0 Å². The van der Waals surface area contributed by atoms with Gasteiger partial charge in [-0.05, 0) is 66.8 Å². The highest BCUT2D eigenvalue weighted by molar-refractivity contribution is 8.00. The van der Waals surface area contributed by atoms with E-state index in [1.165, 1.54) is 50.0 Å². The summed E-state index contributed by atoms with van der Waals surface area (Å²) in [6.45, 7) is 3.43. The van der Waals surface area contributed by atoms with E-state index in [0.717, 1.165) is 11.3 Å². The molecule has 1 aromatic rings. The Balaban J connectivity index is 1.81. The molecule has 0 spiro atoms. The number of thioether (sulfide) groups is 1. The van der Waals surface area contributed by atoms with Gasteiger partial charge in [-0.1, -0.05) is 6.92 Å². The Kier molecular flexibility index (Phi) is 5.89. The maximum Gasteiger partial charge on any atom is 0.0201 e. The van der Waals surface area contributed by atoms with Gasteiger partial charge in [-0.2, -0.15) is 23.1 Å². The van der Waals surface area contributed by atoms with E-state index in [2.05, 4.69) is 40.8 Å². The van der Waals surface area contributed by atoms with Crippen LogP contribution in [0.3, 0.4) is 0 Å². The zero-order valence-corrected chi connectivity index (χ0v) is 12.3. The third-order valence-electron chi connectivity index (χ3n) is 3.39. The minimum atomic E-state index is 0.724. The number of hydrogen-bond acceptors (Lipinski definition) is 3. The third kappa shape index (κ3) is 4.31. The number of rotatable bonds is 7. The van der Waals surface area contributed by atoms with Gasteiger partial charge in [0, 0.05) is 11.3 Å². The molecule has 0 bridgehead atoms. The first-order valence-corrected chi connectivity index (χ1v) is 8.75. The van der Waals surface area contributed by atoms with Crippen molar-refractivity contribution in [2.75, 3.05) is 12.3 Å². The molecule has 1 aromatic heterocycles. The van der Waals surface area contributed by atoms with Crippen LogP contribution in [-0.2, 0) is 6.42 Å². The van der Waals surface area contributed by atoms with E-state index in [1.54, 1.807) is 0 Å². The molecular formula is C14H23NS2. The lowest BCUT2D eigenvalue weighted by molar-refractivity contribution is 0.458. The summed E-state index contributed by atoms with van der Waals surface area (Å²) in [4.78, 5) is 0. The van der Waals surface area contributed by atoms with E-state index < -0.39 is 0 Å². The molecule has 96 valence electrons. The van der Waals surface area contributed by atoms with Crippen LogP contribution in [0, 0.1) is 0 Å². The Hall–Kier alpha value is 0.01000. The van der Waals surface area contributed by atoms with E-state index in [1.807, 2.05) is 11.3 Å². The predicted molar refractivity (Wildman–Crippen MR) is 80.2 cm³/mol. The highest BCUT2D eigenvalue weighted by Gasteiger charge is 2.24. The normalized spacial score (nSPS) is 21.8. The number of hydrogen-bond donors (Lipinski definition) is 1. The van der Waals surface area contributed by atoms with Gasteiger partial charge in [-0.3, -0.25) is 0 Å². The molecule has 2 atom stereocenters. The Morgan fingerprint density at radius 2 is 2.47 bits per heavy atom. The number of nitrogens with one attached hydrogen (secondary N) is 1. The molecule has 3 heteroatoms. The van der Waals surface area contributed by atoms with Crippen LogP contribution in [0.1, 0.15) is 38.2 Å². The minimum absolute atomic E-state index is 0.724. The second kappa shape index (κ2) is 7.45. The quantitative estimate of drug-likeness (QED) is 0.804. The number of thiophene rings is 1. The van der Waals surface area contributed by atoms with E-state index in [-0.39, 0.29) is 0 Å². The van der Waals surface area contributed by atoms with E-state index >= 15 is 0 Å². The van der Waals surface area contributed by atoms with Crippen molar-refractivity contribution in [1.82, 2.24) is 5.32 Å². The lowest BCUT2D eigenvalue weighted by Crippen LogP contribution is -2.38. The lowest BCUT2D eigenvalue weighted by atomic mass is 10.0. The van der Waals surface area contributed by atoms with Gasteiger partial charge in [0.25, 0.3) is 0 Å². The summed E-state index contributed by atoms with van der Waals surface area (Å²) in [7, 11) is 0. The van der Waals surface area contributed by atoms with Gasteiger partial charge in [0.2, 0.25) is 0 Å². The average Bonchev–Trinajstić information content (AvgIpc) is 3.01. The van der Waals surface area contributed by atoms with Crippen LogP contribution in [0.15, 0.2) is 16.8 Å². The van der Waals surface area contributed by atoms with Crippen LogP contribution in [0.2, 0.25) is 0 Å².